The Morgan fingerprint density at radius 2 is 2.07 bits per heavy atom. The molecule has 0 aliphatic carbocycles. The van der Waals surface area contributed by atoms with Crippen molar-refractivity contribution < 1.29 is 8.42 Å². The Balaban J connectivity index is 3.11. The first kappa shape index (κ1) is 12.1. The highest BCUT2D eigenvalue weighted by atomic mass is 32.2. The third-order valence-corrected chi connectivity index (χ3v) is 3.88. The maximum atomic E-state index is 11.8. The summed E-state index contributed by atoms with van der Waals surface area (Å²) < 4.78 is 24.8. The molecule has 4 nitrogen and oxygen atoms in total. The molecule has 0 radical (unpaired) electrons. The van der Waals surface area contributed by atoms with Gasteiger partial charge in [0.05, 0.1) is 4.90 Å². The SMILES string of the molecule is CCCc1cc(S(=O)(=O)N(C)C)ccn1. The molecule has 0 aromatic carbocycles. The minimum Gasteiger partial charge on any atom is -0.261 e. The Bertz CT molecular complexity index is 427. The van der Waals surface area contributed by atoms with E-state index in [9.17, 15) is 8.42 Å². The second-order valence-electron chi connectivity index (χ2n) is 3.52. The summed E-state index contributed by atoms with van der Waals surface area (Å²) in [7, 11) is -0.278. The van der Waals surface area contributed by atoms with Crippen molar-refractivity contribution in [1.29, 1.82) is 0 Å². The van der Waals surface area contributed by atoms with Gasteiger partial charge in [-0.2, -0.15) is 0 Å². The van der Waals surface area contributed by atoms with Gasteiger partial charge >= 0.3 is 0 Å². The van der Waals surface area contributed by atoms with Gasteiger partial charge in [-0.3, -0.25) is 4.98 Å². The van der Waals surface area contributed by atoms with Crippen molar-refractivity contribution in [2.24, 2.45) is 0 Å². The van der Waals surface area contributed by atoms with Crippen LogP contribution in [0, 0.1) is 0 Å². The fraction of sp³-hybridized carbons (Fsp3) is 0.500. The zero-order valence-electron chi connectivity index (χ0n) is 9.27. The molecule has 1 heterocycles. The summed E-state index contributed by atoms with van der Waals surface area (Å²) in [5.41, 5.74) is 0.820. The Kier molecular flexibility index (Phi) is 3.82. The van der Waals surface area contributed by atoms with Crippen LogP contribution in [0.15, 0.2) is 23.2 Å². The summed E-state index contributed by atoms with van der Waals surface area (Å²) in [5, 5.41) is 0. The molecule has 84 valence electrons. The maximum Gasteiger partial charge on any atom is 0.242 e. The van der Waals surface area contributed by atoms with E-state index in [4.69, 9.17) is 0 Å². The lowest BCUT2D eigenvalue weighted by Crippen LogP contribution is -2.22. The average Bonchev–Trinajstić information content (AvgIpc) is 2.18. The summed E-state index contributed by atoms with van der Waals surface area (Å²) in [6, 6.07) is 3.16. The van der Waals surface area contributed by atoms with Crippen LogP contribution in [0.5, 0.6) is 0 Å². The topological polar surface area (TPSA) is 50.3 Å². The predicted octanol–water partition coefficient (Wildman–Crippen LogP) is 1.28. The summed E-state index contributed by atoms with van der Waals surface area (Å²) in [4.78, 5) is 4.43. The third kappa shape index (κ3) is 2.76. The second-order valence-corrected chi connectivity index (χ2v) is 5.67. The number of sulfonamides is 1. The number of hydrogen-bond acceptors (Lipinski definition) is 3. The summed E-state index contributed by atoms with van der Waals surface area (Å²) in [6.45, 7) is 2.04. The van der Waals surface area contributed by atoms with Gasteiger partial charge < -0.3 is 0 Å². The summed E-state index contributed by atoms with van der Waals surface area (Å²) >= 11 is 0. The zero-order valence-corrected chi connectivity index (χ0v) is 10.1. The van der Waals surface area contributed by atoms with Crippen LogP contribution in [0.4, 0.5) is 0 Å². The highest BCUT2D eigenvalue weighted by molar-refractivity contribution is 7.89. The zero-order chi connectivity index (χ0) is 11.5. The number of pyridine rings is 1. The Morgan fingerprint density at radius 3 is 2.60 bits per heavy atom. The van der Waals surface area contributed by atoms with Gasteiger partial charge in [0.2, 0.25) is 10.0 Å². The van der Waals surface area contributed by atoms with Crippen LogP contribution in [-0.4, -0.2) is 31.8 Å². The van der Waals surface area contributed by atoms with Crippen molar-refractivity contribution in [3.63, 3.8) is 0 Å². The van der Waals surface area contributed by atoms with Crippen molar-refractivity contribution in [3.05, 3.63) is 24.0 Å². The smallest absolute Gasteiger partial charge is 0.242 e. The van der Waals surface area contributed by atoms with Gasteiger partial charge in [-0.1, -0.05) is 13.3 Å². The lowest BCUT2D eigenvalue weighted by atomic mass is 10.2. The van der Waals surface area contributed by atoms with E-state index in [2.05, 4.69) is 4.98 Å². The number of aromatic nitrogens is 1. The van der Waals surface area contributed by atoms with Crippen LogP contribution in [-0.2, 0) is 16.4 Å². The van der Waals surface area contributed by atoms with Crippen molar-refractivity contribution >= 4 is 10.0 Å². The van der Waals surface area contributed by atoms with E-state index in [0.717, 1.165) is 18.5 Å². The van der Waals surface area contributed by atoms with Crippen molar-refractivity contribution in [2.45, 2.75) is 24.7 Å². The lowest BCUT2D eigenvalue weighted by molar-refractivity contribution is 0.520. The lowest BCUT2D eigenvalue weighted by Gasteiger charge is -2.11. The largest absolute Gasteiger partial charge is 0.261 e. The van der Waals surface area contributed by atoms with Gasteiger partial charge in [0.25, 0.3) is 0 Å². The number of aryl methyl sites for hydroxylation is 1. The van der Waals surface area contributed by atoms with Crippen LogP contribution in [0.1, 0.15) is 19.0 Å². The molecule has 0 saturated carbocycles. The van der Waals surface area contributed by atoms with Crippen molar-refractivity contribution in [2.75, 3.05) is 14.1 Å². The molecule has 5 heteroatoms. The first-order valence-corrected chi connectivity index (χ1v) is 6.30. The Hall–Kier alpha value is -0.940. The molecule has 0 amide bonds. The standard InChI is InChI=1S/C10H16N2O2S/c1-4-5-9-8-10(6-7-11-9)15(13,14)12(2)3/h6-8H,4-5H2,1-3H3. The van der Waals surface area contributed by atoms with Gasteiger partial charge in [0, 0.05) is 26.0 Å². The van der Waals surface area contributed by atoms with Crippen LogP contribution in [0.25, 0.3) is 0 Å². The first-order chi connectivity index (χ1) is 6.98. The Morgan fingerprint density at radius 1 is 1.40 bits per heavy atom. The van der Waals surface area contributed by atoms with E-state index < -0.39 is 10.0 Å². The molecule has 0 aliphatic heterocycles. The molecule has 0 atom stereocenters. The van der Waals surface area contributed by atoms with E-state index >= 15 is 0 Å². The van der Waals surface area contributed by atoms with Crippen LogP contribution >= 0.6 is 0 Å². The molecule has 0 saturated heterocycles. The molecule has 1 aromatic heterocycles. The first-order valence-electron chi connectivity index (χ1n) is 4.86. The van der Waals surface area contributed by atoms with E-state index in [1.807, 2.05) is 6.92 Å². The molecule has 0 spiro atoms. The molecule has 0 fully saturated rings. The van der Waals surface area contributed by atoms with Gasteiger partial charge in [-0.15, -0.1) is 0 Å². The third-order valence-electron chi connectivity index (χ3n) is 2.07. The number of nitrogens with zero attached hydrogens (tertiary/aromatic N) is 2. The molecular weight excluding hydrogens is 212 g/mol. The van der Waals surface area contributed by atoms with Crippen LogP contribution in [0.3, 0.4) is 0 Å². The van der Waals surface area contributed by atoms with Gasteiger partial charge in [-0.05, 0) is 18.6 Å². The van der Waals surface area contributed by atoms with E-state index in [1.165, 1.54) is 24.5 Å². The highest BCUT2D eigenvalue weighted by Crippen LogP contribution is 2.13. The molecule has 0 unspecified atom stereocenters. The fourth-order valence-electron chi connectivity index (χ4n) is 1.22. The predicted molar refractivity (Wildman–Crippen MR) is 59.1 cm³/mol. The molecular formula is C10H16N2O2S. The quantitative estimate of drug-likeness (QED) is 0.780. The second kappa shape index (κ2) is 4.72. The normalized spacial score (nSPS) is 12.0. The molecule has 0 N–H and O–H groups in total. The molecule has 0 aliphatic rings. The fourth-order valence-corrected chi connectivity index (χ4v) is 2.16. The molecule has 1 aromatic rings. The maximum absolute atomic E-state index is 11.8. The van der Waals surface area contributed by atoms with Gasteiger partial charge in [0.1, 0.15) is 0 Å². The number of rotatable bonds is 4. The van der Waals surface area contributed by atoms with Crippen LogP contribution in [0.2, 0.25) is 0 Å². The van der Waals surface area contributed by atoms with Crippen molar-refractivity contribution in [3.8, 4) is 0 Å². The molecule has 1 rings (SSSR count). The van der Waals surface area contributed by atoms with Gasteiger partial charge in [-0.25, -0.2) is 12.7 Å². The van der Waals surface area contributed by atoms with Gasteiger partial charge in [0.15, 0.2) is 0 Å². The Labute approximate surface area is 91.0 Å². The van der Waals surface area contributed by atoms with Crippen LogP contribution < -0.4 is 0 Å². The minimum atomic E-state index is -3.32. The van der Waals surface area contributed by atoms with E-state index in [0.29, 0.717) is 4.90 Å². The van der Waals surface area contributed by atoms with E-state index in [1.54, 1.807) is 12.3 Å². The highest BCUT2D eigenvalue weighted by Gasteiger charge is 2.17. The monoisotopic (exact) mass is 228 g/mol. The molecule has 0 bridgehead atoms. The van der Waals surface area contributed by atoms with E-state index in [-0.39, 0.29) is 0 Å². The number of hydrogen-bond donors (Lipinski definition) is 0. The van der Waals surface area contributed by atoms with Crippen molar-refractivity contribution in [1.82, 2.24) is 9.29 Å². The summed E-state index contributed by atoms with van der Waals surface area (Å²) in [5.74, 6) is 0. The molecule has 15 heavy (non-hydrogen) atoms. The average molecular weight is 228 g/mol. The summed E-state index contributed by atoms with van der Waals surface area (Å²) in [6.07, 6.45) is 3.30. The minimum absolute atomic E-state index is 0.311.